The van der Waals surface area contributed by atoms with E-state index in [1.807, 2.05) is 32.9 Å². The van der Waals surface area contributed by atoms with Crippen LogP contribution in [-0.2, 0) is 4.74 Å². The molecule has 1 N–H and O–H groups in total. The SMILES string of the molecule is CCN(CC)c1nc2ccc(-c3nc(Nc4ccc(C(=O)N5CCN(C(=O)OC(C)(C)C)CC5)cn4)ncc3F)cc2s1. The number of hydrogen-bond acceptors (Lipinski definition) is 10. The minimum Gasteiger partial charge on any atom is -0.444 e. The predicted molar refractivity (Wildman–Crippen MR) is 165 cm³/mol. The molecule has 0 bridgehead atoms. The number of ether oxygens (including phenoxy) is 1. The third-order valence-electron chi connectivity index (χ3n) is 6.90. The van der Waals surface area contributed by atoms with E-state index in [1.54, 1.807) is 39.3 Å². The van der Waals surface area contributed by atoms with Crippen LogP contribution in [0.3, 0.4) is 0 Å². The van der Waals surface area contributed by atoms with Crippen LogP contribution in [0.2, 0.25) is 0 Å². The van der Waals surface area contributed by atoms with Crippen molar-refractivity contribution in [3.05, 3.63) is 54.1 Å². The van der Waals surface area contributed by atoms with Gasteiger partial charge in [-0.05, 0) is 58.9 Å². The summed E-state index contributed by atoms with van der Waals surface area (Å²) in [5.74, 6) is -0.134. The fourth-order valence-corrected chi connectivity index (χ4v) is 5.76. The van der Waals surface area contributed by atoms with Gasteiger partial charge in [-0.15, -0.1) is 0 Å². The minimum absolute atomic E-state index is 0.162. The third-order valence-corrected chi connectivity index (χ3v) is 7.98. The van der Waals surface area contributed by atoms with Crippen molar-refractivity contribution in [2.75, 3.05) is 49.5 Å². The predicted octanol–water partition coefficient (Wildman–Crippen LogP) is 5.57. The number of nitrogens with zero attached hydrogens (tertiary/aromatic N) is 7. The van der Waals surface area contributed by atoms with Crippen LogP contribution < -0.4 is 10.2 Å². The molecule has 1 aliphatic rings. The summed E-state index contributed by atoms with van der Waals surface area (Å²) in [5.41, 5.74) is 1.48. The molecule has 0 aliphatic carbocycles. The average Bonchev–Trinajstić information content (AvgIpc) is 3.41. The summed E-state index contributed by atoms with van der Waals surface area (Å²) in [6.07, 6.45) is 2.22. The van der Waals surface area contributed by atoms with Gasteiger partial charge in [-0.2, -0.15) is 0 Å². The number of halogens is 1. The van der Waals surface area contributed by atoms with Crippen LogP contribution in [0.4, 0.5) is 26.1 Å². The quantitative estimate of drug-likeness (QED) is 0.288. The fourth-order valence-electron chi connectivity index (χ4n) is 4.63. The van der Waals surface area contributed by atoms with Gasteiger partial charge in [0.15, 0.2) is 10.9 Å². The highest BCUT2D eigenvalue weighted by molar-refractivity contribution is 7.22. The topological polar surface area (TPSA) is 117 Å². The lowest BCUT2D eigenvalue weighted by atomic mass is 10.1. The molecule has 3 aromatic heterocycles. The number of hydrogen-bond donors (Lipinski definition) is 1. The van der Waals surface area contributed by atoms with E-state index < -0.39 is 11.4 Å². The van der Waals surface area contributed by atoms with Gasteiger partial charge in [0.2, 0.25) is 5.95 Å². The molecule has 4 aromatic rings. The van der Waals surface area contributed by atoms with Gasteiger partial charge in [0.05, 0.1) is 22.0 Å². The van der Waals surface area contributed by atoms with Crippen molar-refractivity contribution in [2.24, 2.45) is 0 Å². The van der Waals surface area contributed by atoms with Crippen molar-refractivity contribution in [2.45, 2.75) is 40.2 Å². The van der Waals surface area contributed by atoms with Crippen molar-refractivity contribution < 1.29 is 18.7 Å². The Morgan fingerprint density at radius 3 is 2.37 bits per heavy atom. The number of benzene rings is 1. The average molecular weight is 607 g/mol. The molecule has 0 radical (unpaired) electrons. The van der Waals surface area contributed by atoms with E-state index in [0.717, 1.165) is 34.6 Å². The molecule has 0 atom stereocenters. The van der Waals surface area contributed by atoms with Gasteiger partial charge in [-0.1, -0.05) is 17.4 Å². The van der Waals surface area contributed by atoms with E-state index in [4.69, 9.17) is 9.72 Å². The van der Waals surface area contributed by atoms with Gasteiger partial charge < -0.3 is 24.8 Å². The van der Waals surface area contributed by atoms with Crippen molar-refractivity contribution in [1.82, 2.24) is 29.7 Å². The first-order chi connectivity index (χ1) is 20.5. The smallest absolute Gasteiger partial charge is 0.410 e. The van der Waals surface area contributed by atoms with E-state index in [2.05, 4.69) is 39.0 Å². The molecule has 0 saturated carbocycles. The monoisotopic (exact) mass is 606 g/mol. The third kappa shape index (κ3) is 6.99. The van der Waals surface area contributed by atoms with Crippen LogP contribution in [0.1, 0.15) is 45.0 Å². The Morgan fingerprint density at radius 1 is 1.00 bits per heavy atom. The van der Waals surface area contributed by atoms with Crippen LogP contribution in [0.5, 0.6) is 0 Å². The maximum Gasteiger partial charge on any atom is 0.410 e. The zero-order valence-electron chi connectivity index (χ0n) is 24.9. The zero-order chi connectivity index (χ0) is 30.7. The molecule has 0 unspecified atom stereocenters. The number of rotatable bonds is 7. The molecule has 1 fully saturated rings. The van der Waals surface area contributed by atoms with Gasteiger partial charge in [0, 0.05) is 51.0 Å². The number of pyridine rings is 1. The van der Waals surface area contributed by atoms with E-state index in [0.29, 0.717) is 43.1 Å². The highest BCUT2D eigenvalue weighted by Gasteiger charge is 2.28. The standard InChI is InChI=1S/C30H35FN8O3S/c1-6-37(7-2)28-34-22-10-8-19(16-23(22)43-28)25-21(31)18-33-27(36-25)35-24-11-9-20(17-32-24)26(40)38-12-14-39(15-13-38)29(41)42-30(3,4)5/h8-11,16-18H,6-7,12-15H2,1-5H3,(H,32,33,35,36). The van der Waals surface area contributed by atoms with E-state index in [-0.39, 0.29) is 23.6 Å². The van der Waals surface area contributed by atoms with E-state index in [1.165, 1.54) is 6.20 Å². The summed E-state index contributed by atoms with van der Waals surface area (Å²) in [7, 11) is 0. The number of carbonyl (C=O) groups is 2. The van der Waals surface area contributed by atoms with Gasteiger partial charge in [0.25, 0.3) is 5.91 Å². The molecule has 5 rings (SSSR count). The zero-order valence-corrected chi connectivity index (χ0v) is 25.7. The summed E-state index contributed by atoms with van der Waals surface area (Å²) >= 11 is 1.56. The van der Waals surface area contributed by atoms with Crippen molar-refractivity contribution in [3.63, 3.8) is 0 Å². The molecule has 1 aromatic carbocycles. The molecule has 2 amide bonds. The number of thiazole rings is 1. The molecule has 4 heterocycles. The van der Waals surface area contributed by atoms with Crippen molar-refractivity contribution >= 4 is 50.5 Å². The molecule has 13 heteroatoms. The first kappa shape index (κ1) is 30.1. The molecule has 1 saturated heterocycles. The summed E-state index contributed by atoms with van der Waals surface area (Å²) in [5, 5.41) is 3.93. The molecule has 1 aliphatic heterocycles. The van der Waals surface area contributed by atoms with Crippen molar-refractivity contribution in [3.8, 4) is 11.3 Å². The number of anilines is 3. The molecule has 11 nitrogen and oxygen atoms in total. The minimum atomic E-state index is -0.572. The van der Waals surface area contributed by atoms with Gasteiger partial charge >= 0.3 is 6.09 Å². The largest absolute Gasteiger partial charge is 0.444 e. The van der Waals surface area contributed by atoms with Gasteiger partial charge in [-0.25, -0.2) is 29.1 Å². The number of nitrogens with one attached hydrogen (secondary N) is 1. The highest BCUT2D eigenvalue weighted by atomic mass is 32.1. The van der Waals surface area contributed by atoms with Crippen LogP contribution in [-0.4, -0.2) is 86.6 Å². The lowest BCUT2D eigenvalue weighted by molar-refractivity contribution is 0.0141. The first-order valence-corrected chi connectivity index (χ1v) is 15.0. The Morgan fingerprint density at radius 2 is 1.72 bits per heavy atom. The summed E-state index contributed by atoms with van der Waals surface area (Å²) in [6, 6.07) is 8.87. The Kier molecular flexibility index (Phi) is 8.71. The van der Waals surface area contributed by atoms with Crippen LogP contribution in [0.25, 0.3) is 21.5 Å². The van der Waals surface area contributed by atoms with Crippen LogP contribution >= 0.6 is 11.3 Å². The fraction of sp³-hybridized carbons (Fsp3) is 0.400. The molecule has 0 spiro atoms. The summed E-state index contributed by atoms with van der Waals surface area (Å²) in [6.45, 7) is 12.9. The maximum atomic E-state index is 14.8. The second kappa shape index (κ2) is 12.5. The molecular formula is C30H35FN8O3S. The number of aromatic nitrogens is 4. The Balaban J connectivity index is 1.24. The van der Waals surface area contributed by atoms with E-state index in [9.17, 15) is 14.0 Å². The van der Waals surface area contributed by atoms with Gasteiger partial charge in [-0.3, -0.25) is 4.79 Å². The van der Waals surface area contributed by atoms with E-state index >= 15 is 0 Å². The molecular weight excluding hydrogens is 571 g/mol. The van der Waals surface area contributed by atoms with Gasteiger partial charge in [0.1, 0.15) is 17.1 Å². The Labute approximate surface area is 253 Å². The summed E-state index contributed by atoms with van der Waals surface area (Å²) < 4.78 is 21.2. The number of fused-ring (bicyclic) bond motifs is 1. The second-order valence-electron chi connectivity index (χ2n) is 11.1. The lowest BCUT2D eigenvalue weighted by Crippen LogP contribution is -2.51. The first-order valence-electron chi connectivity index (χ1n) is 14.2. The maximum absolute atomic E-state index is 14.8. The highest BCUT2D eigenvalue weighted by Crippen LogP contribution is 2.33. The lowest BCUT2D eigenvalue weighted by Gasteiger charge is -2.35. The normalized spacial score (nSPS) is 13.7. The van der Waals surface area contributed by atoms with Crippen molar-refractivity contribution in [1.29, 1.82) is 0 Å². The number of amides is 2. The Hall–Kier alpha value is -4.39. The number of piperazine rings is 1. The van der Waals surface area contributed by atoms with Crippen LogP contribution in [0.15, 0.2) is 42.7 Å². The second-order valence-corrected chi connectivity index (χ2v) is 12.1. The Bertz CT molecular complexity index is 1610. The number of carbonyl (C=O) groups excluding carboxylic acids is 2. The molecule has 226 valence electrons. The molecule has 43 heavy (non-hydrogen) atoms. The summed E-state index contributed by atoms with van der Waals surface area (Å²) in [4.78, 5) is 48.4. The van der Waals surface area contributed by atoms with Crippen LogP contribution in [0, 0.1) is 5.82 Å².